The summed E-state index contributed by atoms with van der Waals surface area (Å²) < 4.78 is 12.2. The third kappa shape index (κ3) is 3.20. The Bertz CT molecular complexity index is 1370. The lowest BCUT2D eigenvalue weighted by Gasteiger charge is -2.11. The first-order valence-corrected chi connectivity index (χ1v) is 10.4. The van der Waals surface area contributed by atoms with Gasteiger partial charge in [0, 0.05) is 15.6 Å². The summed E-state index contributed by atoms with van der Waals surface area (Å²) in [4.78, 5) is 18.0. The van der Waals surface area contributed by atoms with E-state index in [2.05, 4.69) is 10.3 Å². The third-order valence-corrected chi connectivity index (χ3v) is 6.40. The Morgan fingerprint density at radius 1 is 1.10 bits per heavy atom. The van der Waals surface area contributed by atoms with Crippen molar-refractivity contribution in [3.8, 4) is 17.2 Å². The predicted octanol–water partition coefficient (Wildman–Crippen LogP) is 6.62. The van der Waals surface area contributed by atoms with E-state index >= 15 is 0 Å². The van der Waals surface area contributed by atoms with E-state index < -0.39 is 0 Å². The fraction of sp³-hybridized carbons (Fsp3) is 0.0435. The lowest BCUT2D eigenvalue weighted by molar-refractivity contribution is 0.103. The molecular weight excluding hydrogens is 420 g/mol. The number of para-hydroxylation sites is 2. The molecule has 0 saturated carbocycles. The Kier molecular flexibility index (Phi) is 4.65. The summed E-state index contributed by atoms with van der Waals surface area (Å²) in [5.41, 5.74) is 2.71. The van der Waals surface area contributed by atoms with Crippen LogP contribution in [0.1, 0.15) is 9.67 Å². The van der Waals surface area contributed by atoms with Crippen LogP contribution in [0.5, 0.6) is 5.75 Å². The first kappa shape index (κ1) is 18.7. The quantitative estimate of drug-likeness (QED) is 0.345. The summed E-state index contributed by atoms with van der Waals surface area (Å²) in [6.45, 7) is 0. The molecule has 30 heavy (non-hydrogen) atoms. The largest absolute Gasteiger partial charge is 0.495 e. The monoisotopic (exact) mass is 434 g/mol. The summed E-state index contributed by atoms with van der Waals surface area (Å²) in [6, 6.07) is 20.6. The highest BCUT2D eigenvalue weighted by Gasteiger charge is 2.19. The summed E-state index contributed by atoms with van der Waals surface area (Å²) in [6.07, 6.45) is 0. The Hall–Kier alpha value is -3.35. The van der Waals surface area contributed by atoms with Crippen LogP contribution in [0, 0.1) is 0 Å². The highest BCUT2D eigenvalue weighted by Crippen LogP contribution is 2.37. The number of aromatic nitrogens is 1. The minimum atomic E-state index is -0.297. The SMILES string of the molecule is COc1ccc(-c2nc3ccccc3o2)cc1NC(=O)c1sc2ccccc2c1Cl. The molecule has 2 heterocycles. The van der Waals surface area contributed by atoms with Crippen molar-refractivity contribution in [1.82, 2.24) is 4.98 Å². The number of hydrogen-bond acceptors (Lipinski definition) is 5. The van der Waals surface area contributed by atoms with Crippen LogP contribution >= 0.6 is 22.9 Å². The van der Waals surface area contributed by atoms with Gasteiger partial charge in [-0.1, -0.05) is 41.9 Å². The molecule has 3 aromatic carbocycles. The number of hydrogen-bond donors (Lipinski definition) is 1. The van der Waals surface area contributed by atoms with Crippen molar-refractivity contribution in [2.45, 2.75) is 0 Å². The van der Waals surface area contributed by atoms with E-state index in [1.165, 1.54) is 11.3 Å². The number of thiophene rings is 1. The number of nitrogens with zero attached hydrogens (tertiary/aromatic N) is 1. The van der Waals surface area contributed by atoms with Gasteiger partial charge in [0.05, 0.1) is 17.8 Å². The predicted molar refractivity (Wildman–Crippen MR) is 121 cm³/mol. The molecule has 0 bridgehead atoms. The second-order valence-corrected chi connectivity index (χ2v) is 8.03. The molecule has 2 aromatic heterocycles. The van der Waals surface area contributed by atoms with Gasteiger partial charge < -0.3 is 14.5 Å². The highest BCUT2D eigenvalue weighted by atomic mass is 35.5. The van der Waals surface area contributed by atoms with Gasteiger partial charge in [0.2, 0.25) is 5.89 Å². The average Bonchev–Trinajstić information content (AvgIpc) is 3.35. The molecule has 7 heteroatoms. The maximum absolute atomic E-state index is 13.0. The summed E-state index contributed by atoms with van der Waals surface area (Å²) >= 11 is 7.81. The number of amides is 1. The zero-order valence-electron chi connectivity index (χ0n) is 15.8. The first-order chi connectivity index (χ1) is 14.6. The molecule has 0 aliphatic carbocycles. The first-order valence-electron chi connectivity index (χ1n) is 9.16. The molecular formula is C23H15ClN2O3S. The summed E-state index contributed by atoms with van der Waals surface area (Å²) in [5, 5.41) is 4.23. The number of anilines is 1. The Labute approximate surface area is 180 Å². The number of oxazole rings is 1. The zero-order chi connectivity index (χ0) is 20.7. The van der Waals surface area contributed by atoms with Crippen LogP contribution in [0.25, 0.3) is 32.6 Å². The Morgan fingerprint density at radius 3 is 2.70 bits per heavy atom. The Balaban J connectivity index is 1.52. The van der Waals surface area contributed by atoms with E-state index in [-0.39, 0.29) is 5.91 Å². The van der Waals surface area contributed by atoms with E-state index in [9.17, 15) is 4.79 Å². The normalized spacial score (nSPS) is 11.1. The maximum Gasteiger partial charge on any atom is 0.267 e. The van der Waals surface area contributed by atoms with E-state index in [0.29, 0.717) is 32.8 Å². The van der Waals surface area contributed by atoms with Gasteiger partial charge in [-0.25, -0.2) is 4.98 Å². The number of rotatable bonds is 4. The van der Waals surface area contributed by atoms with Crippen LogP contribution in [-0.2, 0) is 0 Å². The number of methoxy groups -OCH3 is 1. The minimum Gasteiger partial charge on any atom is -0.495 e. The number of carbonyl (C=O) groups is 1. The van der Waals surface area contributed by atoms with Gasteiger partial charge in [-0.3, -0.25) is 4.79 Å². The summed E-state index contributed by atoms with van der Waals surface area (Å²) in [7, 11) is 1.55. The van der Waals surface area contributed by atoms with Crippen LogP contribution < -0.4 is 10.1 Å². The van der Waals surface area contributed by atoms with Crippen LogP contribution in [0.4, 0.5) is 5.69 Å². The van der Waals surface area contributed by atoms with Crippen molar-refractivity contribution in [2.24, 2.45) is 0 Å². The lowest BCUT2D eigenvalue weighted by atomic mass is 10.1. The van der Waals surface area contributed by atoms with Crippen molar-refractivity contribution < 1.29 is 13.9 Å². The van der Waals surface area contributed by atoms with Crippen molar-refractivity contribution in [3.05, 3.63) is 76.6 Å². The van der Waals surface area contributed by atoms with Gasteiger partial charge in [-0.2, -0.15) is 0 Å². The standard InChI is InChI=1S/C23H15ClN2O3S/c1-28-17-11-10-13(23-26-15-7-3-4-8-18(15)29-23)12-16(17)25-22(27)21-20(24)14-6-2-5-9-19(14)30-21/h2-12H,1H3,(H,25,27). The molecule has 0 saturated heterocycles. The van der Waals surface area contributed by atoms with Crippen molar-refractivity contribution >= 4 is 55.7 Å². The number of benzene rings is 3. The molecule has 0 unspecified atom stereocenters. The van der Waals surface area contributed by atoms with Crippen molar-refractivity contribution in [2.75, 3.05) is 12.4 Å². The van der Waals surface area contributed by atoms with Gasteiger partial charge in [0.25, 0.3) is 5.91 Å². The Morgan fingerprint density at radius 2 is 1.90 bits per heavy atom. The molecule has 5 rings (SSSR count). The summed E-state index contributed by atoms with van der Waals surface area (Å²) in [5.74, 6) is 0.698. The van der Waals surface area contributed by atoms with Gasteiger partial charge in [0.1, 0.15) is 16.1 Å². The van der Waals surface area contributed by atoms with Crippen molar-refractivity contribution in [1.29, 1.82) is 0 Å². The van der Waals surface area contributed by atoms with Gasteiger partial charge in [0.15, 0.2) is 5.58 Å². The number of nitrogens with one attached hydrogen (secondary N) is 1. The molecule has 1 N–H and O–H groups in total. The third-order valence-electron chi connectivity index (χ3n) is 4.73. The van der Waals surface area contributed by atoms with Crippen LogP contribution in [-0.4, -0.2) is 18.0 Å². The van der Waals surface area contributed by atoms with E-state index in [1.54, 1.807) is 19.2 Å². The fourth-order valence-electron chi connectivity index (χ4n) is 3.27. The van der Waals surface area contributed by atoms with Crippen LogP contribution in [0.3, 0.4) is 0 Å². The number of carbonyl (C=O) groups excluding carboxylic acids is 1. The molecule has 5 aromatic rings. The molecule has 0 aliphatic heterocycles. The zero-order valence-corrected chi connectivity index (χ0v) is 17.4. The van der Waals surface area contributed by atoms with E-state index in [4.69, 9.17) is 20.8 Å². The average molecular weight is 435 g/mol. The molecule has 0 aliphatic rings. The minimum absolute atomic E-state index is 0.297. The molecule has 0 spiro atoms. The smallest absolute Gasteiger partial charge is 0.267 e. The second-order valence-electron chi connectivity index (χ2n) is 6.60. The number of halogens is 1. The lowest BCUT2D eigenvalue weighted by Crippen LogP contribution is -2.11. The topological polar surface area (TPSA) is 64.4 Å². The van der Waals surface area contributed by atoms with E-state index in [1.807, 2.05) is 54.6 Å². The maximum atomic E-state index is 13.0. The van der Waals surface area contributed by atoms with E-state index in [0.717, 1.165) is 21.2 Å². The molecule has 1 amide bonds. The molecule has 0 atom stereocenters. The molecule has 148 valence electrons. The molecule has 5 nitrogen and oxygen atoms in total. The molecule has 0 fully saturated rings. The number of ether oxygens (including phenoxy) is 1. The van der Waals surface area contributed by atoms with Crippen LogP contribution in [0.15, 0.2) is 71.1 Å². The van der Waals surface area contributed by atoms with Gasteiger partial charge in [-0.15, -0.1) is 11.3 Å². The second kappa shape index (κ2) is 7.48. The van der Waals surface area contributed by atoms with Crippen LogP contribution in [0.2, 0.25) is 5.02 Å². The van der Waals surface area contributed by atoms with Gasteiger partial charge >= 0.3 is 0 Å². The highest BCUT2D eigenvalue weighted by molar-refractivity contribution is 7.21. The molecule has 0 radical (unpaired) electrons. The number of fused-ring (bicyclic) bond motifs is 2. The van der Waals surface area contributed by atoms with Gasteiger partial charge in [-0.05, 0) is 36.4 Å². The fourth-order valence-corrected chi connectivity index (χ4v) is 4.69. The van der Waals surface area contributed by atoms with Crippen molar-refractivity contribution in [3.63, 3.8) is 0 Å².